The monoisotopic (exact) mass is 264 g/mol. The zero-order chi connectivity index (χ0) is 14.3. The van der Waals surface area contributed by atoms with Crippen LogP contribution in [-0.2, 0) is 11.3 Å². The molecular formula is C13H20N4O2. The molecule has 104 valence electrons. The summed E-state index contributed by atoms with van der Waals surface area (Å²) in [5, 5.41) is 7.79. The smallest absolute Gasteiger partial charge is 0.319 e. The zero-order valence-electron chi connectivity index (χ0n) is 11.2. The summed E-state index contributed by atoms with van der Waals surface area (Å²) >= 11 is 0. The van der Waals surface area contributed by atoms with Gasteiger partial charge in [-0.15, -0.1) is 0 Å². The number of benzene rings is 1. The number of nitrogens with two attached hydrogens (primary N) is 1. The number of nitrogens with one attached hydrogen (secondary N) is 3. The molecule has 1 aromatic carbocycles. The average molecular weight is 264 g/mol. The van der Waals surface area contributed by atoms with E-state index in [4.69, 9.17) is 5.73 Å². The van der Waals surface area contributed by atoms with E-state index in [1.54, 1.807) is 12.1 Å². The molecule has 0 fully saturated rings. The number of urea groups is 1. The molecule has 1 rings (SSSR count). The van der Waals surface area contributed by atoms with Gasteiger partial charge in [-0.25, -0.2) is 4.79 Å². The molecule has 0 unspecified atom stereocenters. The van der Waals surface area contributed by atoms with Gasteiger partial charge in [0, 0.05) is 18.3 Å². The van der Waals surface area contributed by atoms with E-state index in [-0.39, 0.29) is 18.5 Å². The Kier molecular flexibility index (Phi) is 5.81. The summed E-state index contributed by atoms with van der Waals surface area (Å²) in [5.74, 6) is -0.219. The third kappa shape index (κ3) is 5.87. The molecule has 0 saturated carbocycles. The molecule has 0 radical (unpaired) electrons. The molecular weight excluding hydrogens is 244 g/mol. The van der Waals surface area contributed by atoms with Crippen molar-refractivity contribution in [3.8, 4) is 0 Å². The fraction of sp³-hybridized carbons (Fsp3) is 0.385. The minimum Gasteiger partial charge on any atom is -0.352 e. The van der Waals surface area contributed by atoms with Crippen LogP contribution in [0.25, 0.3) is 0 Å². The van der Waals surface area contributed by atoms with E-state index >= 15 is 0 Å². The molecule has 0 aliphatic rings. The van der Waals surface area contributed by atoms with Gasteiger partial charge in [-0.2, -0.15) is 0 Å². The average Bonchev–Trinajstić information content (AvgIpc) is 2.36. The zero-order valence-corrected chi connectivity index (χ0v) is 11.2. The highest BCUT2D eigenvalue weighted by molar-refractivity contribution is 5.92. The van der Waals surface area contributed by atoms with Crippen molar-refractivity contribution in [3.05, 3.63) is 29.8 Å². The van der Waals surface area contributed by atoms with Gasteiger partial charge < -0.3 is 21.7 Å². The first-order valence-electron chi connectivity index (χ1n) is 6.14. The van der Waals surface area contributed by atoms with Crippen molar-refractivity contribution < 1.29 is 9.59 Å². The topological polar surface area (TPSA) is 96.2 Å². The summed E-state index contributed by atoms with van der Waals surface area (Å²) in [6, 6.07) is 6.83. The molecule has 6 nitrogen and oxygen atoms in total. The Balaban J connectivity index is 2.36. The molecule has 19 heavy (non-hydrogen) atoms. The van der Waals surface area contributed by atoms with E-state index in [1.807, 2.05) is 26.0 Å². The molecule has 6 heteroatoms. The van der Waals surface area contributed by atoms with E-state index in [2.05, 4.69) is 16.0 Å². The normalized spacial score (nSPS) is 10.1. The second kappa shape index (κ2) is 7.38. The number of rotatable bonds is 5. The van der Waals surface area contributed by atoms with Gasteiger partial charge in [0.05, 0.1) is 6.54 Å². The van der Waals surface area contributed by atoms with E-state index < -0.39 is 6.03 Å². The highest BCUT2D eigenvalue weighted by Crippen LogP contribution is 2.08. The molecule has 0 aliphatic carbocycles. The Hall–Kier alpha value is -2.08. The fourth-order valence-electron chi connectivity index (χ4n) is 1.43. The number of hydrogen-bond donors (Lipinski definition) is 4. The van der Waals surface area contributed by atoms with Gasteiger partial charge in [0.15, 0.2) is 0 Å². The summed E-state index contributed by atoms with van der Waals surface area (Å²) in [6.07, 6.45) is 0. The number of carbonyl (C=O) groups excluding carboxylic acids is 2. The largest absolute Gasteiger partial charge is 0.352 e. The van der Waals surface area contributed by atoms with Gasteiger partial charge in [0.2, 0.25) is 5.91 Å². The third-order valence-corrected chi connectivity index (χ3v) is 2.31. The van der Waals surface area contributed by atoms with Gasteiger partial charge in [-0.1, -0.05) is 12.1 Å². The highest BCUT2D eigenvalue weighted by atomic mass is 16.2. The van der Waals surface area contributed by atoms with E-state index in [0.29, 0.717) is 12.2 Å². The first-order chi connectivity index (χ1) is 9.01. The number of amides is 3. The van der Waals surface area contributed by atoms with Crippen LogP contribution >= 0.6 is 0 Å². The molecule has 5 N–H and O–H groups in total. The van der Waals surface area contributed by atoms with Crippen molar-refractivity contribution in [2.24, 2.45) is 5.73 Å². The Morgan fingerprint density at radius 3 is 2.37 bits per heavy atom. The predicted octanol–water partition coefficient (Wildman–Crippen LogP) is 0.791. The van der Waals surface area contributed by atoms with Crippen molar-refractivity contribution in [2.75, 3.05) is 11.9 Å². The van der Waals surface area contributed by atoms with Crippen LogP contribution in [0.4, 0.5) is 10.5 Å². The summed E-state index contributed by atoms with van der Waals surface area (Å²) in [5.41, 5.74) is 7.12. The molecule has 3 amide bonds. The Bertz CT molecular complexity index is 429. The molecule has 0 aromatic heterocycles. The van der Waals surface area contributed by atoms with Crippen molar-refractivity contribution in [1.29, 1.82) is 0 Å². The maximum atomic E-state index is 11.5. The Morgan fingerprint density at radius 1 is 1.21 bits per heavy atom. The number of carbonyl (C=O) groups is 2. The van der Waals surface area contributed by atoms with Crippen LogP contribution in [0.3, 0.4) is 0 Å². The lowest BCUT2D eigenvalue weighted by Crippen LogP contribution is -2.41. The first-order valence-corrected chi connectivity index (χ1v) is 6.14. The second-order valence-electron chi connectivity index (χ2n) is 4.43. The van der Waals surface area contributed by atoms with Crippen molar-refractivity contribution >= 4 is 17.6 Å². The second-order valence-corrected chi connectivity index (χ2v) is 4.43. The molecule has 0 saturated heterocycles. The predicted molar refractivity (Wildman–Crippen MR) is 74.6 cm³/mol. The van der Waals surface area contributed by atoms with Gasteiger partial charge in [-0.3, -0.25) is 4.79 Å². The molecule has 0 atom stereocenters. The van der Waals surface area contributed by atoms with Crippen LogP contribution in [0.2, 0.25) is 0 Å². The molecule has 0 aliphatic heterocycles. The van der Waals surface area contributed by atoms with Crippen molar-refractivity contribution in [2.45, 2.75) is 26.4 Å². The molecule has 0 heterocycles. The first kappa shape index (κ1) is 15.0. The minimum atomic E-state index is -0.417. The van der Waals surface area contributed by atoms with Crippen molar-refractivity contribution in [3.63, 3.8) is 0 Å². The van der Waals surface area contributed by atoms with Crippen LogP contribution < -0.4 is 21.7 Å². The molecule has 1 aromatic rings. The summed E-state index contributed by atoms with van der Waals surface area (Å²) in [4.78, 5) is 22.9. The maximum absolute atomic E-state index is 11.5. The van der Waals surface area contributed by atoms with Crippen LogP contribution in [0.15, 0.2) is 24.3 Å². The summed E-state index contributed by atoms with van der Waals surface area (Å²) < 4.78 is 0. The lowest BCUT2D eigenvalue weighted by Gasteiger charge is -2.10. The highest BCUT2D eigenvalue weighted by Gasteiger charge is 2.06. The Morgan fingerprint density at radius 2 is 1.84 bits per heavy atom. The van der Waals surface area contributed by atoms with Crippen LogP contribution in [-0.4, -0.2) is 24.5 Å². The SMILES string of the molecule is CC(C)NC(=O)CNC(=O)Nc1ccc(CN)cc1. The quantitative estimate of drug-likeness (QED) is 0.633. The lowest BCUT2D eigenvalue weighted by molar-refractivity contribution is -0.120. The number of anilines is 1. The van der Waals surface area contributed by atoms with Gasteiger partial charge in [0.1, 0.15) is 0 Å². The summed E-state index contributed by atoms with van der Waals surface area (Å²) in [7, 11) is 0. The van der Waals surface area contributed by atoms with E-state index in [9.17, 15) is 9.59 Å². The van der Waals surface area contributed by atoms with Crippen LogP contribution in [0, 0.1) is 0 Å². The van der Waals surface area contributed by atoms with Crippen LogP contribution in [0.1, 0.15) is 19.4 Å². The third-order valence-electron chi connectivity index (χ3n) is 2.31. The summed E-state index contributed by atoms with van der Waals surface area (Å²) in [6.45, 7) is 4.13. The molecule has 0 spiro atoms. The lowest BCUT2D eigenvalue weighted by atomic mass is 10.2. The molecule has 0 bridgehead atoms. The minimum absolute atomic E-state index is 0.0507. The fourth-order valence-corrected chi connectivity index (χ4v) is 1.43. The Labute approximate surface area is 112 Å². The van der Waals surface area contributed by atoms with E-state index in [1.165, 1.54) is 0 Å². The van der Waals surface area contributed by atoms with Crippen LogP contribution in [0.5, 0.6) is 0 Å². The van der Waals surface area contributed by atoms with E-state index in [0.717, 1.165) is 5.56 Å². The van der Waals surface area contributed by atoms with Crippen molar-refractivity contribution in [1.82, 2.24) is 10.6 Å². The van der Waals surface area contributed by atoms with Gasteiger partial charge in [0.25, 0.3) is 0 Å². The number of hydrogen-bond acceptors (Lipinski definition) is 3. The standard InChI is InChI=1S/C13H20N4O2/c1-9(2)16-12(18)8-15-13(19)17-11-5-3-10(7-14)4-6-11/h3-6,9H,7-8,14H2,1-2H3,(H,16,18)(H2,15,17,19). The van der Waals surface area contributed by atoms with Gasteiger partial charge in [-0.05, 0) is 31.5 Å². The van der Waals surface area contributed by atoms with Gasteiger partial charge >= 0.3 is 6.03 Å². The maximum Gasteiger partial charge on any atom is 0.319 e.